The molecular weight excluding hydrogens is 248 g/mol. The fourth-order valence-corrected chi connectivity index (χ4v) is 2.31. The maximum Gasteiger partial charge on any atom is 0.311 e. The second kappa shape index (κ2) is 4.87. The molecule has 0 amide bonds. The standard InChI is InChI=1S/C13H16N2O4/c1-9-7-10(3-4-11(9)15(18)19)14-8-13(12(16)17)5-2-6-13/h3-4,7,14H,2,5-6,8H2,1H3,(H,16,17). The van der Waals surface area contributed by atoms with Crippen LogP contribution in [0.15, 0.2) is 18.2 Å². The van der Waals surface area contributed by atoms with Gasteiger partial charge < -0.3 is 10.4 Å². The first-order valence-corrected chi connectivity index (χ1v) is 6.17. The first-order chi connectivity index (χ1) is 8.94. The number of aryl methyl sites for hydroxylation is 1. The maximum absolute atomic E-state index is 11.2. The van der Waals surface area contributed by atoms with Crippen molar-refractivity contribution in [2.24, 2.45) is 5.41 Å². The van der Waals surface area contributed by atoms with E-state index in [1.165, 1.54) is 6.07 Å². The molecule has 19 heavy (non-hydrogen) atoms. The molecule has 0 spiro atoms. The zero-order chi connectivity index (χ0) is 14.0. The fraction of sp³-hybridized carbons (Fsp3) is 0.462. The van der Waals surface area contributed by atoms with Gasteiger partial charge in [0, 0.05) is 23.9 Å². The van der Waals surface area contributed by atoms with Gasteiger partial charge in [-0.2, -0.15) is 0 Å². The lowest BCUT2D eigenvalue weighted by Gasteiger charge is -2.37. The van der Waals surface area contributed by atoms with Gasteiger partial charge in [0.2, 0.25) is 0 Å². The number of nitrogens with zero attached hydrogens (tertiary/aromatic N) is 1. The van der Waals surface area contributed by atoms with E-state index in [-0.39, 0.29) is 5.69 Å². The molecule has 6 heteroatoms. The highest BCUT2D eigenvalue weighted by Crippen LogP contribution is 2.41. The fourth-order valence-electron chi connectivity index (χ4n) is 2.31. The maximum atomic E-state index is 11.2. The summed E-state index contributed by atoms with van der Waals surface area (Å²) in [5.74, 6) is -0.773. The van der Waals surface area contributed by atoms with Gasteiger partial charge in [0.15, 0.2) is 0 Å². The average Bonchev–Trinajstić information content (AvgIpc) is 2.26. The van der Waals surface area contributed by atoms with E-state index in [1.54, 1.807) is 19.1 Å². The Morgan fingerprint density at radius 3 is 2.63 bits per heavy atom. The molecule has 1 aromatic carbocycles. The summed E-state index contributed by atoms with van der Waals surface area (Å²) in [6.45, 7) is 2.03. The average molecular weight is 264 g/mol. The number of hydrogen-bond donors (Lipinski definition) is 2. The van der Waals surface area contributed by atoms with Gasteiger partial charge in [-0.05, 0) is 31.9 Å². The van der Waals surface area contributed by atoms with Crippen molar-refractivity contribution in [1.29, 1.82) is 0 Å². The highest BCUT2D eigenvalue weighted by atomic mass is 16.6. The number of carboxylic acids is 1. The molecule has 0 heterocycles. The first-order valence-electron chi connectivity index (χ1n) is 6.17. The van der Waals surface area contributed by atoms with Gasteiger partial charge in [-0.1, -0.05) is 6.42 Å². The Kier molecular flexibility index (Phi) is 3.42. The van der Waals surface area contributed by atoms with Gasteiger partial charge in [-0.3, -0.25) is 14.9 Å². The van der Waals surface area contributed by atoms with Crippen LogP contribution in [0.2, 0.25) is 0 Å². The molecule has 6 nitrogen and oxygen atoms in total. The van der Waals surface area contributed by atoms with Gasteiger partial charge in [0.05, 0.1) is 10.3 Å². The third-order valence-corrected chi connectivity index (χ3v) is 3.79. The number of nitro benzene ring substituents is 1. The number of nitro groups is 1. The molecule has 0 aliphatic heterocycles. The quantitative estimate of drug-likeness (QED) is 0.629. The zero-order valence-corrected chi connectivity index (χ0v) is 10.7. The number of aliphatic carboxylic acids is 1. The van der Waals surface area contributed by atoms with Gasteiger partial charge in [0.25, 0.3) is 5.69 Å². The molecule has 0 radical (unpaired) electrons. The van der Waals surface area contributed by atoms with E-state index in [0.717, 1.165) is 12.1 Å². The third kappa shape index (κ3) is 2.52. The molecule has 1 aliphatic carbocycles. The normalized spacial score (nSPS) is 16.5. The Morgan fingerprint density at radius 2 is 2.21 bits per heavy atom. The first kappa shape index (κ1) is 13.3. The predicted molar refractivity (Wildman–Crippen MR) is 70.2 cm³/mol. The summed E-state index contributed by atoms with van der Waals surface area (Å²) in [7, 11) is 0. The Bertz CT molecular complexity index is 523. The molecular formula is C13H16N2O4. The molecule has 1 aliphatic rings. The van der Waals surface area contributed by atoms with Gasteiger partial charge >= 0.3 is 5.97 Å². The van der Waals surface area contributed by atoms with Crippen molar-refractivity contribution in [2.75, 3.05) is 11.9 Å². The van der Waals surface area contributed by atoms with Gasteiger partial charge in [0.1, 0.15) is 0 Å². The Balaban J connectivity index is 2.06. The number of nitrogens with one attached hydrogen (secondary N) is 1. The summed E-state index contributed by atoms with van der Waals surface area (Å²) in [6, 6.07) is 4.72. The van der Waals surface area contributed by atoms with E-state index < -0.39 is 16.3 Å². The number of carbonyl (C=O) groups is 1. The van der Waals surface area contributed by atoms with Crippen molar-refractivity contribution < 1.29 is 14.8 Å². The van der Waals surface area contributed by atoms with Crippen LogP contribution >= 0.6 is 0 Å². The van der Waals surface area contributed by atoms with Crippen molar-refractivity contribution in [1.82, 2.24) is 0 Å². The van der Waals surface area contributed by atoms with Crippen LogP contribution < -0.4 is 5.32 Å². The topological polar surface area (TPSA) is 92.5 Å². The zero-order valence-electron chi connectivity index (χ0n) is 10.7. The van der Waals surface area contributed by atoms with E-state index in [0.29, 0.717) is 24.9 Å². The van der Waals surface area contributed by atoms with Crippen molar-refractivity contribution in [3.8, 4) is 0 Å². The van der Waals surface area contributed by atoms with Crippen LogP contribution in [-0.4, -0.2) is 22.5 Å². The summed E-state index contributed by atoms with van der Waals surface area (Å²) in [6.07, 6.45) is 2.30. The molecule has 0 unspecified atom stereocenters. The SMILES string of the molecule is Cc1cc(NCC2(C(=O)O)CCC2)ccc1[N+](=O)[O-]. The minimum Gasteiger partial charge on any atom is -0.481 e. The molecule has 0 atom stereocenters. The van der Waals surface area contributed by atoms with Crippen LogP contribution in [0.3, 0.4) is 0 Å². The Labute approximate surface area is 110 Å². The predicted octanol–water partition coefficient (Wildman–Crippen LogP) is 2.57. The van der Waals surface area contributed by atoms with Crippen LogP contribution in [-0.2, 0) is 4.79 Å². The monoisotopic (exact) mass is 264 g/mol. The van der Waals surface area contributed by atoms with Crippen LogP contribution in [0.25, 0.3) is 0 Å². The summed E-state index contributed by atoms with van der Waals surface area (Å²) < 4.78 is 0. The molecule has 2 rings (SSSR count). The number of hydrogen-bond acceptors (Lipinski definition) is 4. The lowest BCUT2D eigenvalue weighted by molar-refractivity contribution is -0.385. The molecule has 102 valence electrons. The third-order valence-electron chi connectivity index (χ3n) is 3.79. The van der Waals surface area contributed by atoms with Crippen LogP contribution in [0, 0.1) is 22.5 Å². The number of benzene rings is 1. The Morgan fingerprint density at radius 1 is 1.53 bits per heavy atom. The van der Waals surface area contributed by atoms with Gasteiger partial charge in [-0.15, -0.1) is 0 Å². The van der Waals surface area contributed by atoms with E-state index >= 15 is 0 Å². The van der Waals surface area contributed by atoms with E-state index in [1.807, 2.05) is 0 Å². The molecule has 1 fully saturated rings. The van der Waals surface area contributed by atoms with Gasteiger partial charge in [-0.25, -0.2) is 0 Å². The molecule has 0 saturated heterocycles. The Hall–Kier alpha value is -2.11. The summed E-state index contributed by atoms with van der Waals surface area (Å²) in [4.78, 5) is 21.5. The smallest absolute Gasteiger partial charge is 0.311 e. The minimum atomic E-state index is -0.773. The summed E-state index contributed by atoms with van der Waals surface area (Å²) >= 11 is 0. The highest BCUT2D eigenvalue weighted by Gasteiger charge is 2.44. The lowest BCUT2D eigenvalue weighted by Crippen LogP contribution is -2.43. The van der Waals surface area contributed by atoms with Crippen molar-refractivity contribution in [2.45, 2.75) is 26.2 Å². The number of rotatable bonds is 5. The number of anilines is 1. The second-order valence-corrected chi connectivity index (χ2v) is 5.05. The van der Waals surface area contributed by atoms with Crippen LogP contribution in [0.5, 0.6) is 0 Å². The summed E-state index contributed by atoms with van der Waals surface area (Å²) in [5, 5.41) is 23.0. The van der Waals surface area contributed by atoms with Crippen molar-refractivity contribution in [3.05, 3.63) is 33.9 Å². The highest BCUT2D eigenvalue weighted by molar-refractivity contribution is 5.76. The van der Waals surface area contributed by atoms with E-state index in [2.05, 4.69) is 5.32 Å². The number of carboxylic acid groups (broad SMARTS) is 1. The van der Waals surface area contributed by atoms with E-state index in [9.17, 15) is 20.0 Å². The summed E-state index contributed by atoms with van der Waals surface area (Å²) in [5.41, 5.74) is 0.682. The molecule has 1 aromatic rings. The van der Waals surface area contributed by atoms with Crippen molar-refractivity contribution in [3.63, 3.8) is 0 Å². The second-order valence-electron chi connectivity index (χ2n) is 5.05. The molecule has 0 bridgehead atoms. The molecule has 0 aromatic heterocycles. The van der Waals surface area contributed by atoms with Crippen LogP contribution in [0.1, 0.15) is 24.8 Å². The lowest BCUT2D eigenvalue weighted by atomic mass is 9.69. The molecule has 2 N–H and O–H groups in total. The van der Waals surface area contributed by atoms with Crippen molar-refractivity contribution >= 4 is 17.3 Å². The molecule has 1 saturated carbocycles. The van der Waals surface area contributed by atoms with Crippen LogP contribution in [0.4, 0.5) is 11.4 Å². The minimum absolute atomic E-state index is 0.0714. The largest absolute Gasteiger partial charge is 0.481 e. The van der Waals surface area contributed by atoms with E-state index in [4.69, 9.17) is 0 Å².